The summed E-state index contributed by atoms with van der Waals surface area (Å²) in [5.74, 6) is 0. The van der Waals surface area contributed by atoms with Crippen molar-refractivity contribution in [3.8, 4) is 6.07 Å². The van der Waals surface area contributed by atoms with E-state index in [0.29, 0.717) is 17.0 Å². The normalized spacial score (nSPS) is 10.2. The third kappa shape index (κ3) is 0.957. The van der Waals surface area contributed by atoms with E-state index in [1.54, 1.807) is 11.3 Å². The molecule has 13 heavy (non-hydrogen) atoms. The van der Waals surface area contributed by atoms with Gasteiger partial charge in [0.25, 0.3) is 0 Å². The van der Waals surface area contributed by atoms with E-state index >= 15 is 0 Å². The molecule has 0 N–H and O–H groups in total. The van der Waals surface area contributed by atoms with Crippen molar-refractivity contribution in [1.29, 1.82) is 5.26 Å². The molecule has 0 spiro atoms. The number of nitrogens with zero attached hydrogens (tertiary/aromatic N) is 5. The highest BCUT2D eigenvalue weighted by Gasteiger charge is 2.08. The van der Waals surface area contributed by atoms with Gasteiger partial charge in [0, 0.05) is 0 Å². The fraction of sp³-hybridized carbons (Fsp3) is 0.250. The van der Waals surface area contributed by atoms with Gasteiger partial charge in [0.15, 0.2) is 5.65 Å². The zero-order valence-electron chi connectivity index (χ0n) is 7.31. The van der Waals surface area contributed by atoms with Gasteiger partial charge in [-0.15, -0.1) is 10.2 Å². The Morgan fingerprint density at radius 1 is 1.38 bits per heavy atom. The van der Waals surface area contributed by atoms with Gasteiger partial charge in [-0.05, 0) is 13.8 Å². The molecule has 2 aromatic heterocycles. The van der Waals surface area contributed by atoms with Crippen molar-refractivity contribution in [3.63, 3.8) is 0 Å². The van der Waals surface area contributed by atoms with Crippen LogP contribution >= 0.6 is 0 Å². The molecule has 0 aliphatic heterocycles. The van der Waals surface area contributed by atoms with E-state index in [4.69, 9.17) is 5.26 Å². The Labute approximate surface area is 74.7 Å². The predicted octanol–water partition coefficient (Wildman–Crippen LogP) is 0.613. The number of nitriles is 1. The predicted molar refractivity (Wildman–Crippen MR) is 45.0 cm³/mol. The highest BCUT2D eigenvalue weighted by molar-refractivity contribution is 5.46. The van der Waals surface area contributed by atoms with Crippen LogP contribution in [0.4, 0.5) is 0 Å². The van der Waals surface area contributed by atoms with Crippen LogP contribution in [-0.2, 0) is 0 Å². The summed E-state index contributed by atoms with van der Waals surface area (Å²) in [6, 6.07) is 2.07. The zero-order valence-corrected chi connectivity index (χ0v) is 7.31. The van der Waals surface area contributed by atoms with Crippen LogP contribution in [0, 0.1) is 25.2 Å². The van der Waals surface area contributed by atoms with Gasteiger partial charge in [-0.3, -0.25) is 9.38 Å². The second kappa shape index (κ2) is 2.52. The lowest BCUT2D eigenvalue weighted by molar-refractivity contribution is 1.00. The summed E-state index contributed by atoms with van der Waals surface area (Å²) in [6.07, 6.45) is 1.52. The smallest absolute Gasteiger partial charge is 0.183 e. The molecule has 0 aliphatic rings. The molecule has 0 atom stereocenters. The summed E-state index contributed by atoms with van der Waals surface area (Å²) in [6.45, 7) is 3.64. The van der Waals surface area contributed by atoms with Crippen molar-refractivity contribution in [2.45, 2.75) is 13.8 Å². The molecule has 2 aromatic rings. The summed E-state index contributed by atoms with van der Waals surface area (Å²) in [5, 5.41) is 16.5. The standard InChI is InChI=1S/C8H7N5/c1-5-7(3-9)13-4-10-12-8(13)6(2)11-5/h4H,1-2H3. The molecule has 0 amide bonds. The molecule has 0 unspecified atom stereocenters. The van der Waals surface area contributed by atoms with E-state index in [-0.39, 0.29) is 0 Å². The molecule has 0 aromatic carbocycles. The lowest BCUT2D eigenvalue weighted by Crippen LogP contribution is -2.00. The zero-order chi connectivity index (χ0) is 9.42. The van der Waals surface area contributed by atoms with E-state index in [1.165, 1.54) is 6.33 Å². The summed E-state index contributed by atoms with van der Waals surface area (Å²) >= 11 is 0. The number of aromatic nitrogens is 4. The molecule has 2 rings (SSSR count). The van der Waals surface area contributed by atoms with E-state index in [9.17, 15) is 0 Å². The molecule has 0 bridgehead atoms. The molecule has 0 saturated heterocycles. The maximum Gasteiger partial charge on any atom is 0.183 e. The largest absolute Gasteiger partial charge is 0.269 e. The number of rotatable bonds is 0. The first-order chi connectivity index (χ1) is 6.24. The first kappa shape index (κ1) is 7.68. The van der Waals surface area contributed by atoms with Gasteiger partial charge in [0.05, 0.1) is 11.4 Å². The van der Waals surface area contributed by atoms with E-state index in [2.05, 4.69) is 21.3 Å². The van der Waals surface area contributed by atoms with Crippen LogP contribution in [0.25, 0.3) is 5.65 Å². The highest BCUT2D eigenvalue weighted by atomic mass is 15.2. The quantitative estimate of drug-likeness (QED) is 0.585. The Morgan fingerprint density at radius 3 is 2.85 bits per heavy atom. The SMILES string of the molecule is Cc1nc(C)c2nncn2c1C#N. The summed E-state index contributed by atoms with van der Waals surface area (Å²) in [4.78, 5) is 4.20. The molecule has 0 radical (unpaired) electrons. The molecular formula is C8H7N5. The summed E-state index contributed by atoms with van der Waals surface area (Å²) < 4.78 is 1.65. The Balaban J connectivity index is 2.99. The molecule has 64 valence electrons. The summed E-state index contributed by atoms with van der Waals surface area (Å²) in [7, 11) is 0. The van der Waals surface area contributed by atoms with Crippen molar-refractivity contribution in [2.75, 3.05) is 0 Å². The minimum absolute atomic E-state index is 0.491. The minimum atomic E-state index is 0.491. The van der Waals surface area contributed by atoms with E-state index < -0.39 is 0 Å². The maximum atomic E-state index is 8.86. The Bertz CT molecular complexity index is 505. The van der Waals surface area contributed by atoms with Gasteiger partial charge in [-0.1, -0.05) is 0 Å². The fourth-order valence-electron chi connectivity index (χ4n) is 1.31. The van der Waals surface area contributed by atoms with Gasteiger partial charge in [-0.25, -0.2) is 0 Å². The number of hydrogen-bond acceptors (Lipinski definition) is 4. The van der Waals surface area contributed by atoms with Crippen LogP contribution in [-0.4, -0.2) is 19.6 Å². The van der Waals surface area contributed by atoms with Crippen molar-refractivity contribution in [1.82, 2.24) is 19.6 Å². The average molecular weight is 173 g/mol. The van der Waals surface area contributed by atoms with Crippen LogP contribution in [0.5, 0.6) is 0 Å². The van der Waals surface area contributed by atoms with E-state index in [0.717, 1.165) is 5.69 Å². The second-order valence-electron chi connectivity index (χ2n) is 2.77. The topological polar surface area (TPSA) is 66.9 Å². The van der Waals surface area contributed by atoms with Gasteiger partial charge >= 0.3 is 0 Å². The van der Waals surface area contributed by atoms with Crippen molar-refractivity contribution in [3.05, 3.63) is 23.4 Å². The van der Waals surface area contributed by atoms with Crippen molar-refractivity contribution in [2.24, 2.45) is 0 Å². The Hall–Kier alpha value is -1.96. The van der Waals surface area contributed by atoms with Crippen LogP contribution in [0.3, 0.4) is 0 Å². The van der Waals surface area contributed by atoms with Gasteiger partial charge < -0.3 is 0 Å². The van der Waals surface area contributed by atoms with E-state index in [1.807, 2.05) is 6.92 Å². The molecule has 5 heteroatoms. The fourth-order valence-corrected chi connectivity index (χ4v) is 1.31. The second-order valence-corrected chi connectivity index (χ2v) is 2.77. The number of aryl methyl sites for hydroxylation is 2. The van der Waals surface area contributed by atoms with Crippen LogP contribution < -0.4 is 0 Å². The van der Waals surface area contributed by atoms with Crippen molar-refractivity contribution >= 4 is 5.65 Å². The molecule has 2 heterocycles. The first-order valence-corrected chi connectivity index (χ1v) is 3.81. The molecule has 0 fully saturated rings. The third-order valence-corrected chi connectivity index (χ3v) is 1.90. The molecular weight excluding hydrogens is 166 g/mol. The lowest BCUT2D eigenvalue weighted by Gasteiger charge is -2.01. The van der Waals surface area contributed by atoms with Crippen molar-refractivity contribution < 1.29 is 0 Å². The Morgan fingerprint density at radius 2 is 2.15 bits per heavy atom. The molecule has 5 nitrogen and oxygen atoms in total. The third-order valence-electron chi connectivity index (χ3n) is 1.90. The Kier molecular flexibility index (Phi) is 1.49. The molecule has 0 aliphatic carbocycles. The highest BCUT2D eigenvalue weighted by Crippen LogP contribution is 2.10. The van der Waals surface area contributed by atoms with Crippen LogP contribution in [0.15, 0.2) is 6.33 Å². The minimum Gasteiger partial charge on any atom is -0.269 e. The number of hydrogen-bond donors (Lipinski definition) is 0. The monoisotopic (exact) mass is 173 g/mol. The van der Waals surface area contributed by atoms with Crippen LogP contribution in [0.2, 0.25) is 0 Å². The first-order valence-electron chi connectivity index (χ1n) is 3.81. The van der Waals surface area contributed by atoms with Gasteiger partial charge in [-0.2, -0.15) is 5.26 Å². The van der Waals surface area contributed by atoms with Gasteiger partial charge in [0.2, 0.25) is 0 Å². The summed E-state index contributed by atoms with van der Waals surface area (Å²) in [5.41, 5.74) is 2.62. The van der Waals surface area contributed by atoms with Gasteiger partial charge in [0.1, 0.15) is 18.1 Å². The number of fused-ring (bicyclic) bond motifs is 1. The van der Waals surface area contributed by atoms with Crippen LogP contribution in [0.1, 0.15) is 17.1 Å². The molecule has 0 saturated carbocycles. The maximum absolute atomic E-state index is 8.86. The lowest BCUT2D eigenvalue weighted by atomic mass is 10.3. The average Bonchev–Trinajstić information content (AvgIpc) is 2.53.